The highest BCUT2D eigenvalue weighted by atomic mass is 35.5. The molecule has 1 heterocycles. The molecule has 0 saturated heterocycles. The van der Waals surface area contributed by atoms with Gasteiger partial charge in [0, 0.05) is 16.6 Å². The lowest BCUT2D eigenvalue weighted by Crippen LogP contribution is -2.10. The number of esters is 1. The quantitative estimate of drug-likeness (QED) is 0.192. The Balaban J connectivity index is 0.000000524. The van der Waals surface area contributed by atoms with Crippen LogP contribution in [0.1, 0.15) is 25.3 Å². The molecule has 1 fully saturated rings. The van der Waals surface area contributed by atoms with Crippen LogP contribution in [0.15, 0.2) is 102 Å². The molecule has 6 nitrogen and oxygen atoms in total. The average molecular weight is 580 g/mol. The zero-order valence-electron chi connectivity index (χ0n) is 23.1. The highest BCUT2D eigenvalue weighted by molar-refractivity contribution is 6.34. The predicted molar refractivity (Wildman–Crippen MR) is 167 cm³/mol. The third-order valence-electron chi connectivity index (χ3n) is 7.05. The number of benzene rings is 4. The number of rotatable bonds is 7. The number of aliphatic carboxylic acids is 1. The van der Waals surface area contributed by atoms with Crippen molar-refractivity contribution in [3.8, 4) is 33.4 Å². The molecule has 0 radical (unpaired) electrons. The van der Waals surface area contributed by atoms with E-state index in [0.29, 0.717) is 22.7 Å². The molecular formula is C35H30ClNO5. The number of aromatic nitrogens is 1. The van der Waals surface area contributed by atoms with Crippen molar-refractivity contribution in [3.05, 3.63) is 118 Å². The summed E-state index contributed by atoms with van der Waals surface area (Å²) in [4.78, 5) is 37.5. The summed E-state index contributed by atoms with van der Waals surface area (Å²) in [7, 11) is 0. The molecule has 5 aromatic rings. The molecule has 0 atom stereocenters. The van der Waals surface area contributed by atoms with Crippen LogP contribution < -0.4 is 5.56 Å². The van der Waals surface area contributed by atoms with Crippen LogP contribution in [0.2, 0.25) is 5.02 Å². The van der Waals surface area contributed by atoms with Crippen molar-refractivity contribution in [2.75, 3.05) is 6.61 Å². The normalized spacial score (nSPS) is 12.3. The van der Waals surface area contributed by atoms with Gasteiger partial charge in [0.15, 0.2) is 0 Å². The maximum Gasteiger partial charge on any atom is 0.310 e. The highest BCUT2D eigenvalue weighted by Crippen LogP contribution is 2.34. The maximum absolute atomic E-state index is 12.9. The first-order chi connectivity index (χ1) is 20.3. The summed E-state index contributed by atoms with van der Waals surface area (Å²) in [5.74, 6) is -0.903. The Morgan fingerprint density at radius 3 is 2.12 bits per heavy atom. The molecule has 0 aliphatic heterocycles. The fourth-order valence-electron chi connectivity index (χ4n) is 4.69. The van der Waals surface area contributed by atoms with Crippen molar-refractivity contribution in [1.82, 2.24) is 4.98 Å². The summed E-state index contributed by atoms with van der Waals surface area (Å²) < 4.78 is 5.05. The molecule has 7 heteroatoms. The van der Waals surface area contributed by atoms with E-state index >= 15 is 0 Å². The predicted octanol–water partition coefficient (Wildman–Crippen LogP) is 7.77. The second-order valence-corrected chi connectivity index (χ2v) is 10.6. The first-order valence-electron chi connectivity index (χ1n) is 13.8. The molecule has 0 spiro atoms. The van der Waals surface area contributed by atoms with Gasteiger partial charge in [0.05, 0.1) is 24.0 Å². The van der Waals surface area contributed by atoms with Crippen molar-refractivity contribution in [3.63, 3.8) is 0 Å². The number of carbonyl (C=O) groups excluding carboxylic acids is 1. The zero-order chi connectivity index (χ0) is 29.6. The van der Waals surface area contributed by atoms with Crippen LogP contribution >= 0.6 is 11.6 Å². The van der Waals surface area contributed by atoms with Crippen LogP contribution in [0.4, 0.5) is 0 Å². The molecule has 0 amide bonds. The minimum atomic E-state index is -0.630. The molecule has 212 valence electrons. The number of hydrogen-bond donors (Lipinski definition) is 2. The van der Waals surface area contributed by atoms with Gasteiger partial charge in [-0.1, -0.05) is 90.5 Å². The maximum atomic E-state index is 12.9. The van der Waals surface area contributed by atoms with Crippen molar-refractivity contribution in [2.24, 2.45) is 5.92 Å². The van der Waals surface area contributed by atoms with Crippen molar-refractivity contribution < 1.29 is 19.4 Å². The van der Waals surface area contributed by atoms with Gasteiger partial charge in [-0.2, -0.15) is 0 Å². The fourth-order valence-corrected chi connectivity index (χ4v) is 4.97. The lowest BCUT2D eigenvalue weighted by atomic mass is 9.97. The molecule has 1 aliphatic rings. The van der Waals surface area contributed by atoms with E-state index in [-0.39, 0.29) is 23.9 Å². The summed E-state index contributed by atoms with van der Waals surface area (Å²) in [6, 6.07) is 31.6. The third kappa shape index (κ3) is 6.96. The number of carboxylic acids is 1. The van der Waals surface area contributed by atoms with Gasteiger partial charge in [0.25, 0.3) is 5.56 Å². The molecule has 4 aromatic carbocycles. The third-order valence-corrected chi connectivity index (χ3v) is 7.37. The van der Waals surface area contributed by atoms with Gasteiger partial charge in [-0.25, -0.2) is 0 Å². The summed E-state index contributed by atoms with van der Waals surface area (Å²) in [5.41, 5.74) is 6.67. The summed E-state index contributed by atoms with van der Waals surface area (Å²) >= 11 is 6.63. The number of nitrogens with one attached hydrogen (secondary N) is 1. The lowest BCUT2D eigenvalue weighted by molar-refractivity contribution is -0.142. The number of carboxylic acid groups (broad SMARTS) is 1. The van der Waals surface area contributed by atoms with Crippen molar-refractivity contribution >= 4 is 34.4 Å². The van der Waals surface area contributed by atoms with Crippen LogP contribution in [-0.4, -0.2) is 28.6 Å². The zero-order valence-corrected chi connectivity index (χ0v) is 23.9. The van der Waals surface area contributed by atoms with E-state index in [1.807, 2.05) is 54.6 Å². The van der Waals surface area contributed by atoms with Gasteiger partial charge in [-0.15, -0.1) is 0 Å². The summed E-state index contributed by atoms with van der Waals surface area (Å²) in [6.07, 6.45) is 1.95. The smallest absolute Gasteiger partial charge is 0.310 e. The minimum absolute atomic E-state index is 0.0185. The van der Waals surface area contributed by atoms with Gasteiger partial charge < -0.3 is 14.8 Å². The van der Waals surface area contributed by atoms with E-state index in [1.54, 1.807) is 13.0 Å². The van der Waals surface area contributed by atoms with Crippen LogP contribution in [-0.2, 0) is 20.7 Å². The first kappa shape index (κ1) is 28.8. The Kier molecular flexibility index (Phi) is 8.84. The van der Waals surface area contributed by atoms with E-state index in [0.717, 1.165) is 51.6 Å². The largest absolute Gasteiger partial charge is 0.481 e. The monoisotopic (exact) mass is 579 g/mol. The summed E-state index contributed by atoms with van der Waals surface area (Å²) in [5, 5.41) is 9.49. The molecule has 1 aliphatic carbocycles. The number of pyridine rings is 1. The number of aromatic amines is 1. The van der Waals surface area contributed by atoms with E-state index in [4.69, 9.17) is 21.4 Å². The SMILES string of the molecule is CCOC(=O)Cc1cccc(-c2cc3cc(-c4ccc(-c5ccccc5)cc4)c(Cl)cc3[nH]c2=O)c1.O=C(O)C1CC1. The molecule has 0 unspecified atom stereocenters. The highest BCUT2D eigenvalue weighted by Gasteiger charge is 2.28. The number of ether oxygens (including phenoxy) is 1. The molecule has 2 N–H and O–H groups in total. The number of carbonyl (C=O) groups is 2. The average Bonchev–Trinajstić information content (AvgIpc) is 3.84. The van der Waals surface area contributed by atoms with Gasteiger partial charge in [-0.3, -0.25) is 14.4 Å². The number of H-pyrrole nitrogens is 1. The standard InChI is InChI=1S/C31H24ClNO3.C4H6O2/c1-2-36-30(34)16-20-7-6-10-24(15-20)27-18-25-17-26(28(32)19-29(25)33-31(27)35)23-13-11-22(12-14-23)21-8-4-3-5-9-21;5-4(6)3-1-2-3/h3-15,17-19H,2,16H2,1H3,(H,33,35);3H,1-2H2,(H,5,6). The van der Waals surface area contributed by atoms with Gasteiger partial charge in [0.1, 0.15) is 0 Å². The number of hydrogen-bond acceptors (Lipinski definition) is 4. The molecular weight excluding hydrogens is 550 g/mol. The van der Waals surface area contributed by atoms with Crippen LogP contribution in [0.3, 0.4) is 0 Å². The molecule has 1 saturated carbocycles. The van der Waals surface area contributed by atoms with E-state index in [2.05, 4.69) is 41.4 Å². The Morgan fingerprint density at radius 2 is 1.48 bits per heavy atom. The lowest BCUT2D eigenvalue weighted by Gasteiger charge is -2.10. The Morgan fingerprint density at radius 1 is 0.833 bits per heavy atom. The molecule has 42 heavy (non-hydrogen) atoms. The second kappa shape index (κ2) is 12.9. The Hall–Kier alpha value is -4.68. The Bertz CT molecular complexity index is 1790. The first-order valence-corrected chi connectivity index (χ1v) is 14.2. The van der Waals surface area contributed by atoms with Crippen molar-refractivity contribution in [2.45, 2.75) is 26.2 Å². The Labute approximate surface area is 248 Å². The molecule has 0 bridgehead atoms. The minimum Gasteiger partial charge on any atom is -0.481 e. The number of halogens is 1. The van der Waals surface area contributed by atoms with Crippen LogP contribution in [0.25, 0.3) is 44.3 Å². The molecule has 6 rings (SSSR count). The molecule has 1 aromatic heterocycles. The van der Waals surface area contributed by atoms with Crippen LogP contribution in [0, 0.1) is 5.92 Å². The van der Waals surface area contributed by atoms with E-state index in [1.165, 1.54) is 0 Å². The second-order valence-electron chi connectivity index (χ2n) is 10.2. The summed E-state index contributed by atoms with van der Waals surface area (Å²) in [6.45, 7) is 2.11. The van der Waals surface area contributed by atoms with Gasteiger partial charge in [0.2, 0.25) is 0 Å². The van der Waals surface area contributed by atoms with Gasteiger partial charge >= 0.3 is 11.9 Å². The fraction of sp³-hybridized carbons (Fsp3) is 0.171. The van der Waals surface area contributed by atoms with E-state index in [9.17, 15) is 14.4 Å². The number of fused-ring (bicyclic) bond motifs is 1. The van der Waals surface area contributed by atoms with Gasteiger partial charge in [-0.05, 0) is 71.2 Å². The van der Waals surface area contributed by atoms with Crippen LogP contribution in [0.5, 0.6) is 0 Å². The van der Waals surface area contributed by atoms with Crippen molar-refractivity contribution in [1.29, 1.82) is 0 Å². The topological polar surface area (TPSA) is 96.5 Å². The van der Waals surface area contributed by atoms with E-state index < -0.39 is 5.97 Å².